The zero-order chi connectivity index (χ0) is 12.2. The van der Waals surface area contributed by atoms with Gasteiger partial charge in [0.05, 0.1) is 12.2 Å². The quantitative estimate of drug-likeness (QED) is 0.590. The summed E-state index contributed by atoms with van der Waals surface area (Å²) in [6, 6.07) is 2.89. The van der Waals surface area contributed by atoms with E-state index in [1.807, 2.05) is 20.8 Å². The molecule has 0 fully saturated rings. The first-order valence-corrected chi connectivity index (χ1v) is 5.06. The fraction of sp³-hybridized carbons (Fsp3) is 0.455. The van der Waals surface area contributed by atoms with Crippen LogP contribution >= 0.6 is 0 Å². The zero-order valence-electron chi connectivity index (χ0n) is 9.79. The minimum absolute atomic E-state index is 0.140. The second kappa shape index (κ2) is 4.92. The van der Waals surface area contributed by atoms with E-state index in [0.717, 1.165) is 0 Å². The van der Waals surface area contributed by atoms with Crippen LogP contribution in [0, 0.1) is 5.82 Å². The third-order valence-corrected chi connectivity index (χ3v) is 1.74. The molecule has 16 heavy (non-hydrogen) atoms. The maximum absolute atomic E-state index is 13.2. The molecule has 4 nitrogen and oxygen atoms in total. The van der Waals surface area contributed by atoms with Crippen molar-refractivity contribution >= 4 is 5.96 Å². The second-order valence-electron chi connectivity index (χ2n) is 4.51. The van der Waals surface area contributed by atoms with Gasteiger partial charge in [-0.1, -0.05) is 0 Å². The van der Waals surface area contributed by atoms with Gasteiger partial charge in [0.25, 0.3) is 0 Å². The van der Waals surface area contributed by atoms with Crippen molar-refractivity contribution in [1.82, 2.24) is 10.3 Å². The van der Waals surface area contributed by atoms with E-state index in [9.17, 15) is 4.39 Å². The molecule has 0 radical (unpaired) electrons. The van der Waals surface area contributed by atoms with Crippen molar-refractivity contribution in [3.05, 3.63) is 29.8 Å². The largest absolute Gasteiger partial charge is 0.370 e. The first-order chi connectivity index (χ1) is 7.38. The lowest BCUT2D eigenvalue weighted by molar-refractivity contribution is 0.508. The van der Waals surface area contributed by atoms with Crippen LogP contribution in [0.1, 0.15) is 26.5 Å². The average Bonchev–Trinajstić information content (AvgIpc) is 2.14. The number of nitrogens with zero attached hydrogens (tertiary/aromatic N) is 2. The predicted octanol–water partition coefficient (Wildman–Crippen LogP) is 1.42. The Labute approximate surface area is 94.8 Å². The smallest absolute Gasteiger partial charge is 0.189 e. The molecule has 0 amide bonds. The van der Waals surface area contributed by atoms with E-state index >= 15 is 0 Å². The molecule has 1 aromatic heterocycles. The van der Waals surface area contributed by atoms with Gasteiger partial charge in [-0.3, -0.25) is 4.98 Å². The first-order valence-electron chi connectivity index (χ1n) is 5.06. The summed E-state index contributed by atoms with van der Waals surface area (Å²) in [6.45, 7) is 6.05. The molecule has 88 valence electrons. The van der Waals surface area contributed by atoms with Crippen LogP contribution < -0.4 is 11.1 Å². The van der Waals surface area contributed by atoms with E-state index in [0.29, 0.717) is 5.69 Å². The number of halogens is 1. The monoisotopic (exact) mass is 224 g/mol. The SMILES string of the molecule is CC(C)(C)NC(N)=NCc1ncccc1F. The van der Waals surface area contributed by atoms with Gasteiger partial charge < -0.3 is 11.1 Å². The van der Waals surface area contributed by atoms with E-state index in [4.69, 9.17) is 5.73 Å². The van der Waals surface area contributed by atoms with Crippen LogP contribution in [0.5, 0.6) is 0 Å². The number of aromatic nitrogens is 1. The summed E-state index contributed by atoms with van der Waals surface area (Å²) in [7, 11) is 0. The number of guanidine groups is 1. The highest BCUT2D eigenvalue weighted by atomic mass is 19.1. The third-order valence-electron chi connectivity index (χ3n) is 1.74. The van der Waals surface area contributed by atoms with Crippen LogP contribution in [0.4, 0.5) is 4.39 Å². The molecule has 1 rings (SSSR count). The normalized spacial score (nSPS) is 12.6. The Morgan fingerprint density at radius 1 is 1.56 bits per heavy atom. The second-order valence-corrected chi connectivity index (χ2v) is 4.51. The number of nitrogens with one attached hydrogen (secondary N) is 1. The molecule has 0 unspecified atom stereocenters. The Kier molecular flexibility index (Phi) is 3.82. The summed E-state index contributed by atoms with van der Waals surface area (Å²) in [4.78, 5) is 7.90. The highest BCUT2D eigenvalue weighted by Crippen LogP contribution is 2.04. The number of hydrogen-bond donors (Lipinski definition) is 2. The molecule has 5 heteroatoms. The van der Waals surface area contributed by atoms with Gasteiger partial charge in [0.2, 0.25) is 0 Å². The van der Waals surface area contributed by atoms with E-state index in [1.54, 1.807) is 6.07 Å². The van der Waals surface area contributed by atoms with Gasteiger partial charge in [0.1, 0.15) is 5.82 Å². The lowest BCUT2D eigenvalue weighted by atomic mass is 10.1. The molecular weight excluding hydrogens is 207 g/mol. The fourth-order valence-electron chi connectivity index (χ4n) is 1.12. The van der Waals surface area contributed by atoms with Gasteiger partial charge in [0, 0.05) is 11.7 Å². The van der Waals surface area contributed by atoms with Crippen molar-refractivity contribution in [2.75, 3.05) is 0 Å². The Bertz CT molecular complexity index is 382. The summed E-state index contributed by atoms with van der Waals surface area (Å²) in [5, 5.41) is 2.99. The van der Waals surface area contributed by atoms with Gasteiger partial charge in [-0.05, 0) is 32.9 Å². The molecule has 0 saturated carbocycles. The van der Waals surface area contributed by atoms with Crippen LogP contribution in [-0.2, 0) is 6.54 Å². The van der Waals surface area contributed by atoms with E-state index < -0.39 is 0 Å². The van der Waals surface area contributed by atoms with Crippen LogP contribution in [-0.4, -0.2) is 16.5 Å². The standard InChI is InChI=1S/C11H17FN4/c1-11(2,3)16-10(13)15-7-9-8(12)5-4-6-14-9/h4-6H,7H2,1-3H3,(H3,13,15,16). The Morgan fingerprint density at radius 3 is 2.81 bits per heavy atom. The van der Waals surface area contributed by atoms with Gasteiger partial charge in [-0.2, -0.15) is 0 Å². The minimum Gasteiger partial charge on any atom is -0.370 e. The topological polar surface area (TPSA) is 63.3 Å². The lowest BCUT2D eigenvalue weighted by Gasteiger charge is -2.20. The Hall–Kier alpha value is -1.65. The van der Waals surface area contributed by atoms with Crippen molar-refractivity contribution in [2.24, 2.45) is 10.7 Å². The molecule has 0 saturated heterocycles. The maximum atomic E-state index is 13.2. The van der Waals surface area contributed by atoms with Crippen molar-refractivity contribution in [2.45, 2.75) is 32.9 Å². The van der Waals surface area contributed by atoms with Gasteiger partial charge >= 0.3 is 0 Å². The first kappa shape index (κ1) is 12.4. The van der Waals surface area contributed by atoms with Gasteiger partial charge in [-0.15, -0.1) is 0 Å². The summed E-state index contributed by atoms with van der Waals surface area (Å²) < 4.78 is 13.2. The average molecular weight is 224 g/mol. The number of aliphatic imine (C=N–C) groups is 1. The summed E-state index contributed by atoms with van der Waals surface area (Å²) in [5.74, 6) is -0.0765. The maximum Gasteiger partial charge on any atom is 0.189 e. The summed E-state index contributed by atoms with van der Waals surface area (Å²) in [6.07, 6.45) is 1.53. The molecule has 0 aliphatic heterocycles. The number of hydrogen-bond acceptors (Lipinski definition) is 2. The third kappa shape index (κ3) is 4.25. The molecule has 0 aliphatic rings. The number of nitrogens with two attached hydrogens (primary N) is 1. The zero-order valence-corrected chi connectivity index (χ0v) is 9.79. The molecule has 0 spiro atoms. The molecule has 0 aromatic carbocycles. The van der Waals surface area contributed by atoms with Crippen molar-refractivity contribution < 1.29 is 4.39 Å². The molecule has 0 atom stereocenters. The van der Waals surface area contributed by atoms with Crippen LogP contribution in [0.25, 0.3) is 0 Å². The number of pyridine rings is 1. The molecule has 0 aliphatic carbocycles. The summed E-state index contributed by atoms with van der Waals surface area (Å²) >= 11 is 0. The van der Waals surface area contributed by atoms with E-state index in [1.165, 1.54) is 12.3 Å². The van der Waals surface area contributed by atoms with E-state index in [-0.39, 0.29) is 23.9 Å². The molecule has 1 aromatic rings. The minimum atomic E-state index is -0.366. The molecule has 0 bridgehead atoms. The van der Waals surface area contributed by atoms with Crippen LogP contribution in [0.15, 0.2) is 23.3 Å². The molecular formula is C11H17FN4. The predicted molar refractivity (Wildman–Crippen MR) is 62.4 cm³/mol. The van der Waals surface area contributed by atoms with E-state index in [2.05, 4.69) is 15.3 Å². The molecule has 1 heterocycles. The Morgan fingerprint density at radius 2 is 2.25 bits per heavy atom. The van der Waals surface area contributed by atoms with Crippen molar-refractivity contribution in [3.8, 4) is 0 Å². The van der Waals surface area contributed by atoms with Crippen molar-refractivity contribution in [3.63, 3.8) is 0 Å². The summed E-state index contributed by atoms with van der Waals surface area (Å²) in [5.41, 5.74) is 5.78. The molecule has 3 N–H and O–H groups in total. The highest BCUT2D eigenvalue weighted by molar-refractivity contribution is 5.78. The lowest BCUT2D eigenvalue weighted by Crippen LogP contribution is -2.45. The Balaban J connectivity index is 2.63. The fourth-order valence-corrected chi connectivity index (χ4v) is 1.12. The van der Waals surface area contributed by atoms with Crippen LogP contribution in [0.3, 0.4) is 0 Å². The van der Waals surface area contributed by atoms with Crippen LogP contribution in [0.2, 0.25) is 0 Å². The highest BCUT2D eigenvalue weighted by Gasteiger charge is 2.10. The van der Waals surface area contributed by atoms with Gasteiger partial charge in [0.15, 0.2) is 5.96 Å². The van der Waals surface area contributed by atoms with Crippen molar-refractivity contribution in [1.29, 1.82) is 0 Å². The number of rotatable bonds is 2. The van der Waals surface area contributed by atoms with Gasteiger partial charge in [-0.25, -0.2) is 9.38 Å².